The first kappa shape index (κ1) is 17.6. The molecule has 1 aromatic rings. The quantitative estimate of drug-likeness (QED) is 0.776. The fraction of sp³-hybridized carbons (Fsp3) is 0.727. The van der Waals surface area contributed by atoms with E-state index in [1.54, 1.807) is 6.92 Å². The Morgan fingerprint density at radius 2 is 2.05 bits per heavy atom. The van der Waals surface area contributed by atoms with E-state index >= 15 is 0 Å². The monoisotopic (exact) mass is 326 g/mol. The first-order valence-electron chi connectivity index (χ1n) is 6.24. The first-order chi connectivity index (χ1) is 9.56. The summed E-state index contributed by atoms with van der Waals surface area (Å²) in [4.78, 5) is 11.6. The number of carbonyl (C=O) groups is 1. The average molecular weight is 326 g/mol. The second-order valence-electron chi connectivity index (χ2n) is 4.88. The summed E-state index contributed by atoms with van der Waals surface area (Å²) < 4.78 is 37.0. The molecule has 21 heavy (non-hydrogen) atoms. The summed E-state index contributed by atoms with van der Waals surface area (Å²) in [7, 11) is 0. The summed E-state index contributed by atoms with van der Waals surface area (Å²) in [5.41, 5.74) is -1.11. The van der Waals surface area contributed by atoms with E-state index in [1.807, 2.05) is 13.8 Å². The molecule has 6 nitrogen and oxygen atoms in total. The molecule has 0 bridgehead atoms. The normalized spacial score (nSPS) is 16.1. The zero-order valence-corrected chi connectivity index (χ0v) is 12.6. The lowest BCUT2D eigenvalue weighted by atomic mass is 9.89. The van der Waals surface area contributed by atoms with Crippen LogP contribution in [0.25, 0.3) is 0 Å². The van der Waals surface area contributed by atoms with E-state index in [-0.39, 0.29) is 28.9 Å². The molecule has 0 aliphatic heterocycles. The summed E-state index contributed by atoms with van der Waals surface area (Å²) in [6.45, 7) is 5.28. The van der Waals surface area contributed by atoms with Crippen LogP contribution in [0, 0.1) is 5.92 Å². The second-order valence-corrected chi connectivity index (χ2v) is 5.86. The number of carbonyl (C=O) groups excluding carboxylic acids is 1. The minimum Gasteiger partial charge on any atom is -0.388 e. The van der Waals surface area contributed by atoms with Crippen LogP contribution >= 0.6 is 11.3 Å². The molecule has 0 fully saturated rings. The second kappa shape index (κ2) is 6.56. The highest BCUT2D eigenvalue weighted by Gasteiger charge is 2.36. The van der Waals surface area contributed by atoms with Crippen LogP contribution in [0.4, 0.5) is 23.1 Å². The lowest BCUT2D eigenvalue weighted by Crippen LogP contribution is -2.46. The molecule has 120 valence electrons. The lowest BCUT2D eigenvalue weighted by Gasteiger charge is -2.29. The third kappa shape index (κ3) is 5.12. The third-order valence-electron chi connectivity index (χ3n) is 3.17. The Morgan fingerprint density at radius 1 is 1.43 bits per heavy atom. The maximum atomic E-state index is 12.3. The topological polar surface area (TPSA) is 87.1 Å². The van der Waals surface area contributed by atoms with Crippen molar-refractivity contribution in [2.75, 3.05) is 11.9 Å². The van der Waals surface area contributed by atoms with Crippen LogP contribution in [0.15, 0.2) is 0 Å². The van der Waals surface area contributed by atoms with E-state index in [9.17, 15) is 23.1 Å². The van der Waals surface area contributed by atoms with Gasteiger partial charge in [-0.3, -0.25) is 5.32 Å². The molecule has 1 rings (SSSR count). The molecule has 0 saturated heterocycles. The number of alkyl halides is 3. The van der Waals surface area contributed by atoms with Gasteiger partial charge in [-0.2, -0.15) is 13.2 Å². The minimum absolute atomic E-state index is 0.0290. The average Bonchev–Trinajstić information content (AvgIpc) is 2.84. The molecule has 0 aromatic carbocycles. The standard InChI is InChI=1S/C11H17F3N4O2S/c1-4-6(2)10(3,20)5-15-8(19)16-9-18-17-7(21-9)11(12,13)14/h6,20H,4-5H2,1-3H3,(H2,15,16,18,19). The van der Waals surface area contributed by atoms with E-state index in [0.29, 0.717) is 0 Å². The van der Waals surface area contributed by atoms with Gasteiger partial charge in [-0.05, 0) is 12.8 Å². The summed E-state index contributed by atoms with van der Waals surface area (Å²) in [6.07, 6.45) is -3.87. The SMILES string of the molecule is CCC(C)C(C)(O)CNC(=O)Nc1nnc(C(F)(F)F)s1. The molecule has 0 spiro atoms. The predicted molar refractivity (Wildman–Crippen MR) is 72.0 cm³/mol. The molecule has 1 aromatic heterocycles. The van der Waals surface area contributed by atoms with Crippen molar-refractivity contribution in [3.63, 3.8) is 0 Å². The summed E-state index contributed by atoms with van der Waals surface area (Å²) in [5.74, 6) is -0.0452. The van der Waals surface area contributed by atoms with Gasteiger partial charge in [0.2, 0.25) is 10.1 Å². The maximum absolute atomic E-state index is 12.3. The van der Waals surface area contributed by atoms with Gasteiger partial charge in [0.25, 0.3) is 0 Å². The van der Waals surface area contributed by atoms with Crippen molar-refractivity contribution in [2.45, 2.75) is 39.0 Å². The van der Waals surface area contributed by atoms with Gasteiger partial charge in [0.1, 0.15) is 0 Å². The molecule has 0 aliphatic rings. The summed E-state index contributed by atoms with van der Waals surface area (Å²) >= 11 is 0.231. The highest BCUT2D eigenvalue weighted by atomic mass is 32.1. The van der Waals surface area contributed by atoms with Crippen molar-refractivity contribution in [2.24, 2.45) is 5.92 Å². The van der Waals surface area contributed by atoms with E-state index in [1.165, 1.54) is 0 Å². The zero-order chi connectivity index (χ0) is 16.3. The Kier molecular flexibility index (Phi) is 5.51. The van der Waals surface area contributed by atoms with Gasteiger partial charge in [0.05, 0.1) is 5.60 Å². The number of amides is 2. The van der Waals surface area contributed by atoms with Gasteiger partial charge < -0.3 is 10.4 Å². The van der Waals surface area contributed by atoms with Gasteiger partial charge in [-0.25, -0.2) is 4.79 Å². The van der Waals surface area contributed by atoms with Crippen LogP contribution in [-0.2, 0) is 6.18 Å². The molecule has 0 saturated carbocycles. The van der Waals surface area contributed by atoms with Crippen molar-refractivity contribution >= 4 is 22.5 Å². The van der Waals surface area contributed by atoms with E-state index in [2.05, 4.69) is 20.8 Å². The van der Waals surface area contributed by atoms with Crippen molar-refractivity contribution in [3.05, 3.63) is 5.01 Å². The molecule has 0 radical (unpaired) electrons. The Morgan fingerprint density at radius 3 is 2.52 bits per heavy atom. The first-order valence-corrected chi connectivity index (χ1v) is 7.06. The Balaban J connectivity index is 2.53. The smallest absolute Gasteiger partial charge is 0.388 e. The van der Waals surface area contributed by atoms with Crippen molar-refractivity contribution in [1.82, 2.24) is 15.5 Å². The van der Waals surface area contributed by atoms with Gasteiger partial charge in [0, 0.05) is 6.54 Å². The number of urea groups is 1. The van der Waals surface area contributed by atoms with Crippen LogP contribution in [0.5, 0.6) is 0 Å². The fourth-order valence-electron chi connectivity index (χ4n) is 1.40. The number of nitrogens with one attached hydrogen (secondary N) is 2. The largest absolute Gasteiger partial charge is 0.445 e. The van der Waals surface area contributed by atoms with Crippen molar-refractivity contribution in [1.29, 1.82) is 0 Å². The lowest BCUT2D eigenvalue weighted by molar-refractivity contribution is -0.138. The van der Waals surface area contributed by atoms with E-state index < -0.39 is 22.8 Å². The molecular weight excluding hydrogens is 309 g/mol. The molecule has 2 unspecified atom stereocenters. The van der Waals surface area contributed by atoms with Gasteiger partial charge in [-0.1, -0.05) is 31.6 Å². The Hall–Kier alpha value is -1.42. The minimum atomic E-state index is -4.59. The summed E-state index contributed by atoms with van der Waals surface area (Å²) in [5, 5.41) is 19.4. The van der Waals surface area contributed by atoms with Crippen LogP contribution in [-0.4, -0.2) is 33.5 Å². The third-order valence-corrected chi connectivity index (χ3v) is 4.05. The molecular formula is C11H17F3N4O2S. The van der Waals surface area contributed by atoms with Crippen LogP contribution in [0.3, 0.4) is 0 Å². The predicted octanol–water partition coefficient (Wildman–Crippen LogP) is 2.48. The molecule has 3 N–H and O–H groups in total. The number of aromatic nitrogens is 2. The number of anilines is 1. The van der Waals surface area contributed by atoms with E-state index in [0.717, 1.165) is 6.42 Å². The number of halogens is 3. The molecule has 0 aliphatic carbocycles. The number of nitrogens with zero attached hydrogens (tertiary/aromatic N) is 2. The van der Waals surface area contributed by atoms with Gasteiger partial charge in [-0.15, -0.1) is 10.2 Å². The summed E-state index contributed by atoms with van der Waals surface area (Å²) in [6, 6.07) is -0.747. The molecule has 2 amide bonds. The highest BCUT2D eigenvalue weighted by Crippen LogP contribution is 2.32. The van der Waals surface area contributed by atoms with Crippen LogP contribution < -0.4 is 10.6 Å². The Labute approximate surface area is 123 Å². The van der Waals surface area contributed by atoms with E-state index in [4.69, 9.17) is 0 Å². The fourth-order valence-corrected chi connectivity index (χ4v) is 2.01. The van der Waals surface area contributed by atoms with Crippen LogP contribution in [0.2, 0.25) is 0 Å². The number of hydrogen-bond acceptors (Lipinski definition) is 5. The number of hydrogen-bond donors (Lipinski definition) is 3. The van der Waals surface area contributed by atoms with Crippen LogP contribution in [0.1, 0.15) is 32.2 Å². The Bertz CT molecular complexity index is 490. The maximum Gasteiger partial charge on any atom is 0.445 e. The molecule has 10 heteroatoms. The van der Waals surface area contributed by atoms with Crippen molar-refractivity contribution in [3.8, 4) is 0 Å². The van der Waals surface area contributed by atoms with Gasteiger partial charge >= 0.3 is 12.2 Å². The van der Waals surface area contributed by atoms with Gasteiger partial charge in [0.15, 0.2) is 0 Å². The highest BCUT2D eigenvalue weighted by molar-refractivity contribution is 7.15. The molecule has 2 atom stereocenters. The zero-order valence-electron chi connectivity index (χ0n) is 11.8. The number of rotatable bonds is 5. The number of aliphatic hydroxyl groups is 1. The molecule has 1 heterocycles. The van der Waals surface area contributed by atoms with Crippen molar-refractivity contribution < 1.29 is 23.1 Å².